The number of fused-ring (bicyclic) bond motifs is 1. The maximum atomic E-state index is 12.3. The van der Waals surface area contributed by atoms with Crippen molar-refractivity contribution in [3.8, 4) is 0 Å². The number of rotatable bonds is 5. The Balaban J connectivity index is 1.58. The molecule has 4 nitrogen and oxygen atoms in total. The van der Waals surface area contributed by atoms with Gasteiger partial charge in [-0.3, -0.25) is 9.59 Å². The molecule has 0 radical (unpaired) electrons. The van der Waals surface area contributed by atoms with Crippen molar-refractivity contribution in [2.75, 3.05) is 0 Å². The molecule has 2 aromatic rings. The quantitative estimate of drug-likeness (QED) is 0.820. The number of benzene rings is 1. The second kappa shape index (κ2) is 6.87. The van der Waals surface area contributed by atoms with Crippen LogP contribution in [-0.4, -0.2) is 22.9 Å². The summed E-state index contributed by atoms with van der Waals surface area (Å²) in [6.07, 6.45) is 0.267. The molecular weight excluding hydrogens is 322 g/mol. The Hall–Kier alpha value is -1.98. The van der Waals surface area contributed by atoms with Gasteiger partial charge in [-0.05, 0) is 31.0 Å². The average molecular weight is 343 g/mol. The van der Waals surface area contributed by atoms with Crippen LogP contribution in [0.5, 0.6) is 0 Å². The molecule has 0 fully saturated rings. The molecule has 1 aromatic heterocycles. The summed E-state index contributed by atoms with van der Waals surface area (Å²) in [5, 5.41) is 13.0. The lowest BCUT2D eigenvalue weighted by Gasteiger charge is -2.17. The van der Waals surface area contributed by atoms with Crippen molar-refractivity contribution in [1.82, 2.24) is 5.32 Å². The maximum absolute atomic E-state index is 12.3. The average Bonchev–Trinajstić information content (AvgIpc) is 3.04. The number of Topliss-reactive ketones (excluding diaryl/α,β-unsaturated/α-hetero) is 1. The van der Waals surface area contributed by atoms with Gasteiger partial charge in [0.2, 0.25) is 5.91 Å². The Kier molecular flexibility index (Phi) is 4.83. The normalized spacial score (nSPS) is 19.1. The van der Waals surface area contributed by atoms with Gasteiger partial charge < -0.3 is 10.4 Å². The second-order valence-corrected chi connectivity index (χ2v) is 7.73. The SMILES string of the molecule is Cc1cc(C(=O)CCC(=O)NC2c3ccccc3CC2O)c(C)s1. The molecule has 1 aliphatic rings. The number of aliphatic hydroxyl groups is 1. The van der Waals surface area contributed by atoms with Crippen LogP contribution >= 0.6 is 11.3 Å². The number of ketones is 1. The van der Waals surface area contributed by atoms with E-state index in [9.17, 15) is 14.7 Å². The second-order valence-electron chi connectivity index (χ2n) is 6.27. The van der Waals surface area contributed by atoms with Gasteiger partial charge in [0.1, 0.15) is 0 Å². The summed E-state index contributed by atoms with van der Waals surface area (Å²) in [4.78, 5) is 26.6. The van der Waals surface area contributed by atoms with Gasteiger partial charge in [0.25, 0.3) is 0 Å². The fourth-order valence-electron chi connectivity index (χ4n) is 3.26. The highest BCUT2D eigenvalue weighted by molar-refractivity contribution is 7.12. The summed E-state index contributed by atoms with van der Waals surface area (Å²) < 4.78 is 0. The summed E-state index contributed by atoms with van der Waals surface area (Å²) in [5.74, 6) is -0.201. The minimum Gasteiger partial charge on any atom is -0.390 e. The van der Waals surface area contributed by atoms with Crippen LogP contribution in [0.2, 0.25) is 0 Å². The molecule has 1 aromatic carbocycles. The van der Waals surface area contributed by atoms with E-state index >= 15 is 0 Å². The van der Waals surface area contributed by atoms with E-state index in [1.807, 2.05) is 44.2 Å². The first-order valence-electron chi connectivity index (χ1n) is 8.11. The van der Waals surface area contributed by atoms with Crippen LogP contribution in [0, 0.1) is 13.8 Å². The van der Waals surface area contributed by atoms with E-state index in [1.165, 1.54) is 0 Å². The predicted molar refractivity (Wildman–Crippen MR) is 94.4 cm³/mol. The molecule has 5 heteroatoms. The van der Waals surface area contributed by atoms with Crippen molar-refractivity contribution in [2.24, 2.45) is 0 Å². The Labute approximate surface area is 145 Å². The van der Waals surface area contributed by atoms with Crippen LogP contribution in [0.3, 0.4) is 0 Å². The Bertz CT molecular complexity index is 781. The number of hydrogen-bond donors (Lipinski definition) is 2. The van der Waals surface area contributed by atoms with Crippen molar-refractivity contribution < 1.29 is 14.7 Å². The number of carbonyl (C=O) groups excluding carboxylic acids is 2. The first-order valence-corrected chi connectivity index (χ1v) is 8.93. The molecule has 0 bridgehead atoms. The van der Waals surface area contributed by atoms with E-state index in [1.54, 1.807) is 11.3 Å². The number of aryl methyl sites for hydroxylation is 2. The number of aliphatic hydroxyl groups excluding tert-OH is 1. The lowest BCUT2D eigenvalue weighted by Crippen LogP contribution is -2.34. The fourth-order valence-corrected chi connectivity index (χ4v) is 4.21. The van der Waals surface area contributed by atoms with Gasteiger partial charge in [-0.2, -0.15) is 0 Å². The highest BCUT2D eigenvalue weighted by Gasteiger charge is 2.31. The Morgan fingerprint density at radius 2 is 2.00 bits per heavy atom. The van der Waals surface area contributed by atoms with Gasteiger partial charge >= 0.3 is 0 Å². The van der Waals surface area contributed by atoms with Gasteiger partial charge in [0.15, 0.2) is 5.78 Å². The van der Waals surface area contributed by atoms with E-state index in [4.69, 9.17) is 0 Å². The molecule has 2 N–H and O–H groups in total. The smallest absolute Gasteiger partial charge is 0.221 e. The molecular formula is C19H21NO3S. The molecule has 1 heterocycles. The minimum atomic E-state index is -0.608. The summed E-state index contributed by atoms with van der Waals surface area (Å²) in [6.45, 7) is 3.90. The molecule has 2 atom stereocenters. The van der Waals surface area contributed by atoms with Gasteiger partial charge in [0.05, 0.1) is 12.1 Å². The summed E-state index contributed by atoms with van der Waals surface area (Å²) in [7, 11) is 0. The van der Waals surface area contributed by atoms with Crippen LogP contribution in [0.4, 0.5) is 0 Å². The van der Waals surface area contributed by atoms with E-state index in [0.29, 0.717) is 6.42 Å². The third kappa shape index (κ3) is 3.42. The predicted octanol–water partition coefficient (Wildman–Crippen LogP) is 3.10. The van der Waals surface area contributed by atoms with Gasteiger partial charge in [-0.15, -0.1) is 11.3 Å². The highest BCUT2D eigenvalue weighted by Crippen LogP contribution is 2.31. The van der Waals surface area contributed by atoms with Gasteiger partial charge in [-0.1, -0.05) is 24.3 Å². The molecule has 126 valence electrons. The van der Waals surface area contributed by atoms with E-state index < -0.39 is 6.10 Å². The lowest BCUT2D eigenvalue weighted by molar-refractivity contribution is -0.122. The maximum Gasteiger partial charge on any atom is 0.221 e. The van der Waals surface area contributed by atoms with Crippen LogP contribution in [0.1, 0.15) is 50.1 Å². The van der Waals surface area contributed by atoms with Crippen LogP contribution in [0.15, 0.2) is 30.3 Å². The number of amides is 1. The first kappa shape index (κ1) is 16.9. The fraction of sp³-hybridized carbons (Fsp3) is 0.368. The number of nitrogens with one attached hydrogen (secondary N) is 1. The summed E-state index contributed by atoms with van der Waals surface area (Å²) >= 11 is 1.60. The number of carbonyl (C=O) groups is 2. The van der Waals surface area contributed by atoms with Crippen molar-refractivity contribution in [2.45, 2.75) is 45.3 Å². The minimum absolute atomic E-state index is 0.000583. The van der Waals surface area contributed by atoms with Crippen molar-refractivity contribution in [3.05, 3.63) is 56.8 Å². The number of thiophene rings is 1. The third-order valence-corrected chi connectivity index (χ3v) is 5.41. The monoisotopic (exact) mass is 343 g/mol. The Morgan fingerprint density at radius 3 is 2.71 bits per heavy atom. The van der Waals surface area contributed by atoms with E-state index in [-0.39, 0.29) is 30.6 Å². The highest BCUT2D eigenvalue weighted by atomic mass is 32.1. The zero-order chi connectivity index (χ0) is 17.3. The standard InChI is InChI=1S/C19H21NO3S/c1-11-9-15(12(2)24-11)16(21)7-8-18(23)20-19-14-6-4-3-5-13(14)10-17(19)22/h3-6,9,17,19,22H,7-8,10H2,1-2H3,(H,20,23). The molecule has 0 saturated heterocycles. The molecule has 0 spiro atoms. The Morgan fingerprint density at radius 1 is 1.25 bits per heavy atom. The molecule has 3 rings (SSSR count). The summed E-state index contributed by atoms with van der Waals surface area (Å²) in [6, 6.07) is 9.24. The molecule has 2 unspecified atom stereocenters. The van der Waals surface area contributed by atoms with Crippen LogP contribution in [0.25, 0.3) is 0 Å². The molecule has 0 saturated carbocycles. The van der Waals surface area contributed by atoms with E-state index in [0.717, 1.165) is 26.4 Å². The molecule has 1 aliphatic carbocycles. The molecule has 24 heavy (non-hydrogen) atoms. The molecule has 1 amide bonds. The largest absolute Gasteiger partial charge is 0.390 e. The molecule has 0 aliphatic heterocycles. The van der Waals surface area contributed by atoms with Crippen LogP contribution < -0.4 is 5.32 Å². The van der Waals surface area contributed by atoms with Crippen molar-refractivity contribution in [3.63, 3.8) is 0 Å². The van der Waals surface area contributed by atoms with Crippen LogP contribution in [-0.2, 0) is 11.2 Å². The topological polar surface area (TPSA) is 66.4 Å². The van der Waals surface area contributed by atoms with Crippen molar-refractivity contribution >= 4 is 23.0 Å². The zero-order valence-electron chi connectivity index (χ0n) is 13.8. The van der Waals surface area contributed by atoms with Gasteiger partial charge in [0, 0.05) is 34.6 Å². The first-order chi connectivity index (χ1) is 11.5. The number of hydrogen-bond acceptors (Lipinski definition) is 4. The van der Waals surface area contributed by atoms with Crippen molar-refractivity contribution in [1.29, 1.82) is 0 Å². The third-order valence-electron chi connectivity index (χ3n) is 4.44. The van der Waals surface area contributed by atoms with Gasteiger partial charge in [-0.25, -0.2) is 0 Å². The zero-order valence-corrected chi connectivity index (χ0v) is 14.7. The lowest BCUT2D eigenvalue weighted by atomic mass is 10.1. The summed E-state index contributed by atoms with van der Waals surface area (Å²) in [5.41, 5.74) is 2.75. The van der Waals surface area contributed by atoms with E-state index in [2.05, 4.69) is 5.32 Å².